The third-order valence-corrected chi connectivity index (χ3v) is 4.05. The van der Waals surface area contributed by atoms with Gasteiger partial charge in [-0.05, 0) is 42.3 Å². The molecule has 7 heteroatoms. The molecule has 0 amide bonds. The largest absolute Gasteiger partial charge is 0.493 e. The Labute approximate surface area is 140 Å². The summed E-state index contributed by atoms with van der Waals surface area (Å²) in [5, 5.41) is 0. The summed E-state index contributed by atoms with van der Waals surface area (Å²) in [5.41, 5.74) is 3.78. The number of hydrogen-bond acceptors (Lipinski definition) is 5. The molecule has 24 heavy (non-hydrogen) atoms. The van der Waals surface area contributed by atoms with Gasteiger partial charge in [0.15, 0.2) is 25.0 Å². The second kappa shape index (κ2) is 5.74. The lowest BCUT2D eigenvalue weighted by atomic mass is 10.0. The minimum absolute atomic E-state index is 0.0239. The first-order chi connectivity index (χ1) is 11.6. The second-order valence-electron chi connectivity index (χ2n) is 6.03. The van der Waals surface area contributed by atoms with Gasteiger partial charge in [0.2, 0.25) is 5.75 Å². The number of imidazole rings is 1. The summed E-state index contributed by atoms with van der Waals surface area (Å²) in [4.78, 5) is 9.00. The van der Waals surface area contributed by atoms with E-state index >= 15 is 0 Å². The first-order valence-corrected chi connectivity index (χ1v) is 7.93. The Morgan fingerprint density at radius 2 is 2.25 bits per heavy atom. The van der Waals surface area contributed by atoms with Gasteiger partial charge in [-0.2, -0.15) is 0 Å². The quantitative estimate of drug-likeness (QED) is 0.671. The van der Waals surface area contributed by atoms with Gasteiger partial charge in [-0.15, -0.1) is 0 Å². The number of pyridine rings is 1. The lowest BCUT2D eigenvalue weighted by molar-refractivity contribution is 0.100. The van der Waals surface area contributed by atoms with Crippen molar-refractivity contribution in [3.63, 3.8) is 0 Å². The molecule has 1 aromatic carbocycles. The standard InChI is InChI=1S/C17H18BN3O3/c1-10-8-23-16-13(22-2)5-11(6-14(16)24-10)7-21-9-19-12-3-4-15(18)20-17(12)21/h3-6,9-10H,7-8,18H2,1-2H3. The molecule has 6 nitrogen and oxygen atoms in total. The second-order valence-corrected chi connectivity index (χ2v) is 6.03. The molecule has 3 aromatic rings. The number of nitrogens with zero attached hydrogens (tertiary/aromatic N) is 3. The first-order valence-electron chi connectivity index (χ1n) is 7.93. The van der Waals surface area contributed by atoms with E-state index in [1.54, 1.807) is 7.11 Å². The van der Waals surface area contributed by atoms with Crippen LogP contribution in [0.1, 0.15) is 12.5 Å². The molecule has 4 rings (SSSR count). The number of methoxy groups -OCH3 is 1. The molecule has 0 saturated carbocycles. The number of ether oxygens (including phenoxy) is 3. The van der Waals surface area contributed by atoms with E-state index in [2.05, 4.69) is 9.97 Å². The number of fused-ring (bicyclic) bond motifs is 2. The van der Waals surface area contributed by atoms with Crippen LogP contribution in [-0.2, 0) is 6.54 Å². The van der Waals surface area contributed by atoms with Crippen molar-refractivity contribution in [1.29, 1.82) is 0 Å². The zero-order valence-electron chi connectivity index (χ0n) is 13.9. The molecule has 1 aliphatic heterocycles. The van der Waals surface area contributed by atoms with Crippen molar-refractivity contribution in [3.8, 4) is 17.2 Å². The molecular weight excluding hydrogens is 305 g/mol. The summed E-state index contributed by atoms with van der Waals surface area (Å²) in [5.74, 6) is 2.07. The highest BCUT2D eigenvalue weighted by Gasteiger charge is 2.22. The van der Waals surface area contributed by atoms with E-state index in [0.717, 1.165) is 28.1 Å². The van der Waals surface area contributed by atoms with Gasteiger partial charge in [-0.1, -0.05) is 0 Å². The van der Waals surface area contributed by atoms with E-state index < -0.39 is 0 Å². The van der Waals surface area contributed by atoms with E-state index in [0.29, 0.717) is 24.7 Å². The highest BCUT2D eigenvalue weighted by atomic mass is 16.6. The normalized spacial score (nSPS) is 16.3. The maximum atomic E-state index is 5.90. The maximum absolute atomic E-state index is 5.90. The minimum atomic E-state index is 0.0239. The van der Waals surface area contributed by atoms with Crippen molar-refractivity contribution in [2.24, 2.45) is 0 Å². The fourth-order valence-electron chi connectivity index (χ4n) is 2.90. The molecule has 0 spiro atoms. The maximum Gasteiger partial charge on any atom is 0.203 e. The van der Waals surface area contributed by atoms with Gasteiger partial charge in [0.25, 0.3) is 0 Å². The van der Waals surface area contributed by atoms with Crippen LogP contribution < -0.4 is 19.8 Å². The summed E-state index contributed by atoms with van der Waals surface area (Å²) in [7, 11) is 3.61. The van der Waals surface area contributed by atoms with Crippen molar-refractivity contribution in [2.45, 2.75) is 19.6 Å². The Bertz CT molecular complexity index is 909. The van der Waals surface area contributed by atoms with Gasteiger partial charge in [-0.25, -0.2) is 9.97 Å². The molecule has 0 aliphatic carbocycles. The van der Waals surface area contributed by atoms with Gasteiger partial charge >= 0.3 is 0 Å². The Hall–Kier alpha value is -2.70. The summed E-state index contributed by atoms with van der Waals surface area (Å²) in [6.07, 6.45) is 1.83. The highest BCUT2D eigenvalue weighted by Crippen LogP contribution is 2.41. The molecule has 1 unspecified atom stereocenters. The predicted octanol–water partition coefficient (Wildman–Crippen LogP) is 0.906. The molecule has 0 bridgehead atoms. The van der Waals surface area contributed by atoms with Crippen molar-refractivity contribution in [1.82, 2.24) is 14.5 Å². The van der Waals surface area contributed by atoms with Crippen LogP contribution in [0.4, 0.5) is 0 Å². The van der Waals surface area contributed by atoms with Crippen LogP contribution in [0, 0.1) is 0 Å². The molecule has 1 aliphatic rings. The third-order valence-electron chi connectivity index (χ3n) is 4.05. The molecule has 1 atom stereocenters. The minimum Gasteiger partial charge on any atom is -0.493 e. The zero-order chi connectivity index (χ0) is 16.7. The molecule has 0 N–H and O–H groups in total. The van der Waals surface area contributed by atoms with Crippen molar-refractivity contribution >= 4 is 24.6 Å². The SMILES string of the molecule is Bc1ccc2ncn(Cc3cc(OC)c4c(c3)OC(C)CO4)c2n1. The monoisotopic (exact) mass is 323 g/mol. The number of rotatable bonds is 3. The van der Waals surface area contributed by atoms with E-state index in [4.69, 9.17) is 14.2 Å². The highest BCUT2D eigenvalue weighted by molar-refractivity contribution is 6.31. The molecule has 2 aromatic heterocycles. The van der Waals surface area contributed by atoms with E-state index in [-0.39, 0.29) is 6.10 Å². The van der Waals surface area contributed by atoms with Gasteiger partial charge in [-0.3, -0.25) is 0 Å². The fraction of sp³-hybridized carbons (Fsp3) is 0.294. The van der Waals surface area contributed by atoms with Crippen molar-refractivity contribution in [2.75, 3.05) is 13.7 Å². The number of hydrogen-bond donors (Lipinski definition) is 0. The molecular formula is C17H18BN3O3. The van der Waals surface area contributed by atoms with Crippen LogP contribution in [0.3, 0.4) is 0 Å². The summed E-state index contributed by atoms with van der Waals surface area (Å²) in [6.45, 7) is 3.14. The third kappa shape index (κ3) is 2.56. The molecule has 0 radical (unpaired) electrons. The summed E-state index contributed by atoms with van der Waals surface area (Å²) in [6, 6.07) is 7.92. The fourth-order valence-corrected chi connectivity index (χ4v) is 2.90. The van der Waals surface area contributed by atoms with Crippen molar-refractivity contribution in [3.05, 3.63) is 36.2 Å². The Kier molecular flexibility index (Phi) is 3.56. The number of benzene rings is 1. The summed E-state index contributed by atoms with van der Waals surface area (Å²) >= 11 is 0. The van der Waals surface area contributed by atoms with Gasteiger partial charge < -0.3 is 18.8 Å². The van der Waals surface area contributed by atoms with Crippen molar-refractivity contribution < 1.29 is 14.2 Å². The van der Waals surface area contributed by atoms with Gasteiger partial charge in [0.1, 0.15) is 18.2 Å². The van der Waals surface area contributed by atoms with Crippen LogP contribution >= 0.6 is 0 Å². The van der Waals surface area contributed by atoms with E-state index in [1.165, 1.54) is 0 Å². The van der Waals surface area contributed by atoms with Crippen LogP contribution in [-0.4, -0.2) is 42.2 Å². The average Bonchev–Trinajstić information content (AvgIpc) is 2.96. The Morgan fingerprint density at radius 3 is 3.08 bits per heavy atom. The van der Waals surface area contributed by atoms with Crippen LogP contribution in [0.15, 0.2) is 30.6 Å². The Balaban J connectivity index is 1.73. The molecule has 0 fully saturated rings. The Morgan fingerprint density at radius 1 is 1.38 bits per heavy atom. The van der Waals surface area contributed by atoms with Crippen LogP contribution in [0.5, 0.6) is 17.2 Å². The van der Waals surface area contributed by atoms with Gasteiger partial charge in [0, 0.05) is 0 Å². The van der Waals surface area contributed by atoms with Crippen LogP contribution in [0.25, 0.3) is 11.2 Å². The van der Waals surface area contributed by atoms with E-state index in [9.17, 15) is 0 Å². The molecule has 122 valence electrons. The molecule has 0 saturated heterocycles. The van der Waals surface area contributed by atoms with Crippen LogP contribution in [0.2, 0.25) is 0 Å². The lowest BCUT2D eigenvalue weighted by Crippen LogP contribution is -2.26. The smallest absolute Gasteiger partial charge is 0.203 e. The summed E-state index contributed by atoms with van der Waals surface area (Å²) < 4.78 is 19.1. The number of aromatic nitrogens is 3. The average molecular weight is 323 g/mol. The topological polar surface area (TPSA) is 58.4 Å². The predicted molar refractivity (Wildman–Crippen MR) is 93.4 cm³/mol. The van der Waals surface area contributed by atoms with Gasteiger partial charge in [0.05, 0.1) is 20.0 Å². The van der Waals surface area contributed by atoms with E-state index in [1.807, 2.05) is 49.9 Å². The zero-order valence-corrected chi connectivity index (χ0v) is 13.9. The molecule has 3 heterocycles. The lowest BCUT2D eigenvalue weighted by Gasteiger charge is -2.26. The first kappa shape index (κ1) is 14.9.